The Bertz CT molecular complexity index is 421. The number of rotatable bonds is 1. The third-order valence-corrected chi connectivity index (χ3v) is 2.66. The van der Waals surface area contributed by atoms with Crippen LogP contribution in [0.5, 0.6) is 0 Å². The minimum absolute atomic E-state index is 0.172. The molecule has 0 amide bonds. The first-order valence-electron chi connectivity index (χ1n) is 5.58. The van der Waals surface area contributed by atoms with Gasteiger partial charge in [0.15, 0.2) is 5.96 Å². The zero-order valence-electron chi connectivity index (χ0n) is 11.1. The quantitative estimate of drug-likeness (QED) is 0.615. The molecule has 3 nitrogen and oxygen atoms in total. The lowest BCUT2D eigenvalue weighted by molar-refractivity contribution is 0.583. The minimum Gasteiger partial charge on any atom is -0.370 e. The molecule has 0 aliphatic rings. The molecule has 0 fully saturated rings. The van der Waals surface area contributed by atoms with E-state index in [0.29, 0.717) is 5.96 Å². The molecule has 0 radical (unpaired) electrons. The van der Waals surface area contributed by atoms with Crippen molar-refractivity contribution in [1.29, 1.82) is 0 Å². The number of halogens is 1. The van der Waals surface area contributed by atoms with Crippen LogP contribution in [0.2, 0.25) is 0 Å². The SMILES string of the molecule is Cc1cc(Br)cc(C)c1NC(N)=NC(C)(C)C. The second-order valence-electron chi connectivity index (χ2n) is 5.21. The van der Waals surface area contributed by atoms with E-state index in [2.05, 4.69) is 38.4 Å². The van der Waals surface area contributed by atoms with Crippen molar-refractivity contribution in [3.05, 3.63) is 27.7 Å². The normalized spacial score (nSPS) is 12.7. The first-order chi connectivity index (χ1) is 7.69. The summed E-state index contributed by atoms with van der Waals surface area (Å²) in [5.74, 6) is 0.450. The van der Waals surface area contributed by atoms with Crippen molar-refractivity contribution in [3.8, 4) is 0 Å². The number of anilines is 1. The van der Waals surface area contributed by atoms with Crippen LogP contribution in [-0.2, 0) is 0 Å². The van der Waals surface area contributed by atoms with Crippen molar-refractivity contribution in [2.75, 3.05) is 5.32 Å². The highest BCUT2D eigenvalue weighted by molar-refractivity contribution is 9.10. The topological polar surface area (TPSA) is 50.4 Å². The van der Waals surface area contributed by atoms with E-state index in [9.17, 15) is 0 Å². The van der Waals surface area contributed by atoms with Crippen LogP contribution >= 0.6 is 15.9 Å². The van der Waals surface area contributed by atoms with E-state index in [1.807, 2.05) is 34.6 Å². The molecule has 0 unspecified atom stereocenters. The van der Waals surface area contributed by atoms with E-state index in [1.54, 1.807) is 0 Å². The minimum atomic E-state index is -0.172. The molecule has 0 spiro atoms. The smallest absolute Gasteiger partial charge is 0.193 e. The van der Waals surface area contributed by atoms with Gasteiger partial charge in [0.25, 0.3) is 0 Å². The average Bonchev–Trinajstić information content (AvgIpc) is 2.08. The van der Waals surface area contributed by atoms with Gasteiger partial charge < -0.3 is 11.1 Å². The Labute approximate surface area is 112 Å². The summed E-state index contributed by atoms with van der Waals surface area (Å²) in [4.78, 5) is 4.38. The van der Waals surface area contributed by atoms with E-state index in [-0.39, 0.29) is 5.54 Å². The van der Waals surface area contributed by atoms with Gasteiger partial charge >= 0.3 is 0 Å². The number of nitrogens with two attached hydrogens (primary N) is 1. The second-order valence-corrected chi connectivity index (χ2v) is 6.12. The van der Waals surface area contributed by atoms with E-state index in [0.717, 1.165) is 21.3 Å². The maximum Gasteiger partial charge on any atom is 0.193 e. The summed E-state index contributed by atoms with van der Waals surface area (Å²) < 4.78 is 1.07. The van der Waals surface area contributed by atoms with Gasteiger partial charge in [-0.2, -0.15) is 0 Å². The van der Waals surface area contributed by atoms with Gasteiger partial charge in [0.1, 0.15) is 0 Å². The molecular weight excluding hydrogens is 278 g/mol. The Hall–Kier alpha value is -1.03. The maximum absolute atomic E-state index is 5.89. The van der Waals surface area contributed by atoms with Gasteiger partial charge in [-0.1, -0.05) is 15.9 Å². The highest BCUT2D eigenvalue weighted by Crippen LogP contribution is 2.25. The number of guanidine groups is 1. The third-order valence-electron chi connectivity index (χ3n) is 2.21. The zero-order chi connectivity index (χ0) is 13.2. The monoisotopic (exact) mass is 297 g/mol. The van der Waals surface area contributed by atoms with Gasteiger partial charge in [-0.15, -0.1) is 0 Å². The first-order valence-corrected chi connectivity index (χ1v) is 6.37. The van der Waals surface area contributed by atoms with Crippen LogP contribution in [0.25, 0.3) is 0 Å². The van der Waals surface area contributed by atoms with Crippen LogP contribution in [0, 0.1) is 13.8 Å². The second kappa shape index (κ2) is 5.08. The highest BCUT2D eigenvalue weighted by atomic mass is 79.9. The van der Waals surface area contributed by atoms with Crippen LogP contribution in [0.15, 0.2) is 21.6 Å². The Morgan fingerprint density at radius 2 is 1.71 bits per heavy atom. The van der Waals surface area contributed by atoms with E-state index in [1.165, 1.54) is 0 Å². The molecular formula is C13H20BrN3. The molecule has 4 heteroatoms. The highest BCUT2D eigenvalue weighted by Gasteiger charge is 2.10. The predicted octanol–water partition coefficient (Wildman–Crippen LogP) is 3.59. The molecule has 0 aliphatic carbocycles. The fraction of sp³-hybridized carbons (Fsp3) is 0.462. The lowest BCUT2D eigenvalue weighted by atomic mass is 10.1. The molecule has 1 aromatic carbocycles. The molecule has 0 atom stereocenters. The van der Waals surface area contributed by atoms with E-state index >= 15 is 0 Å². The van der Waals surface area contributed by atoms with Gasteiger partial charge in [-0.25, -0.2) is 4.99 Å². The molecule has 1 aromatic rings. The van der Waals surface area contributed by atoms with Crippen molar-refractivity contribution in [3.63, 3.8) is 0 Å². The van der Waals surface area contributed by atoms with Crippen molar-refractivity contribution < 1.29 is 0 Å². The van der Waals surface area contributed by atoms with Gasteiger partial charge in [-0.3, -0.25) is 0 Å². The number of nitrogens with one attached hydrogen (secondary N) is 1. The molecule has 3 N–H and O–H groups in total. The molecule has 94 valence electrons. The van der Waals surface area contributed by atoms with Crippen LogP contribution in [0.3, 0.4) is 0 Å². The fourth-order valence-electron chi connectivity index (χ4n) is 1.63. The first kappa shape index (κ1) is 14.0. The van der Waals surface area contributed by atoms with E-state index < -0.39 is 0 Å². The summed E-state index contributed by atoms with van der Waals surface area (Å²) >= 11 is 3.47. The van der Waals surface area contributed by atoms with Crippen LogP contribution in [0.1, 0.15) is 31.9 Å². The molecule has 17 heavy (non-hydrogen) atoms. The summed E-state index contributed by atoms with van der Waals surface area (Å²) in [6.45, 7) is 10.1. The lowest BCUT2D eigenvalue weighted by Gasteiger charge is -2.17. The van der Waals surface area contributed by atoms with Crippen LogP contribution in [0.4, 0.5) is 5.69 Å². The molecule has 0 heterocycles. The van der Waals surface area contributed by atoms with E-state index in [4.69, 9.17) is 5.73 Å². The molecule has 0 aliphatic heterocycles. The summed E-state index contributed by atoms with van der Waals surface area (Å²) in [7, 11) is 0. The van der Waals surface area contributed by atoms with Gasteiger partial charge in [0, 0.05) is 10.2 Å². The molecule has 0 saturated carbocycles. The molecule has 0 saturated heterocycles. The number of aryl methyl sites for hydroxylation is 2. The maximum atomic E-state index is 5.89. The Kier molecular flexibility index (Phi) is 4.20. The standard InChI is InChI=1S/C13H20BrN3/c1-8-6-10(14)7-9(2)11(8)16-12(15)17-13(3,4)5/h6-7H,1-5H3,(H3,15,16,17). The number of hydrogen-bond acceptors (Lipinski definition) is 1. The molecule has 0 aromatic heterocycles. The Morgan fingerprint density at radius 1 is 1.24 bits per heavy atom. The van der Waals surface area contributed by atoms with Crippen LogP contribution in [-0.4, -0.2) is 11.5 Å². The van der Waals surface area contributed by atoms with Crippen LogP contribution < -0.4 is 11.1 Å². The third kappa shape index (κ3) is 4.38. The number of nitrogens with zero attached hydrogens (tertiary/aromatic N) is 1. The lowest BCUT2D eigenvalue weighted by Crippen LogP contribution is -2.28. The number of aliphatic imine (C=N–C) groups is 1. The van der Waals surface area contributed by atoms with Gasteiger partial charge in [0.2, 0.25) is 0 Å². The molecule has 0 bridgehead atoms. The fourth-order valence-corrected chi connectivity index (χ4v) is 2.31. The van der Waals surface area contributed by atoms with Gasteiger partial charge in [0.05, 0.1) is 5.54 Å². The summed E-state index contributed by atoms with van der Waals surface area (Å²) in [6, 6.07) is 4.11. The van der Waals surface area contributed by atoms with Crippen molar-refractivity contribution in [1.82, 2.24) is 0 Å². The number of benzene rings is 1. The van der Waals surface area contributed by atoms with Crippen molar-refractivity contribution in [2.24, 2.45) is 10.7 Å². The average molecular weight is 298 g/mol. The molecule has 1 rings (SSSR count). The largest absolute Gasteiger partial charge is 0.370 e. The summed E-state index contributed by atoms with van der Waals surface area (Å²) in [5.41, 5.74) is 9.03. The van der Waals surface area contributed by atoms with Crippen molar-refractivity contribution >= 4 is 27.6 Å². The predicted molar refractivity (Wildman–Crippen MR) is 78.6 cm³/mol. The Balaban J connectivity index is 3.01. The zero-order valence-corrected chi connectivity index (χ0v) is 12.6. The summed E-state index contributed by atoms with van der Waals surface area (Å²) in [6.07, 6.45) is 0. The van der Waals surface area contributed by atoms with Crippen molar-refractivity contribution in [2.45, 2.75) is 40.2 Å². The summed E-state index contributed by atoms with van der Waals surface area (Å²) in [5, 5.41) is 3.17. The van der Waals surface area contributed by atoms with Gasteiger partial charge in [-0.05, 0) is 57.9 Å². The Morgan fingerprint density at radius 3 is 2.12 bits per heavy atom. The number of hydrogen-bond donors (Lipinski definition) is 2.